The normalized spacial score (nSPS) is 7.67. The van der Waals surface area contributed by atoms with Crippen LogP contribution in [0.3, 0.4) is 0 Å². The van der Waals surface area contributed by atoms with Gasteiger partial charge in [-0.05, 0) is 0 Å². The number of rotatable bonds is 1. The molecule has 1 amide bonds. The molecule has 0 fully saturated rings. The molecule has 0 aromatic rings. The van der Waals surface area contributed by atoms with Crippen LogP contribution in [0.4, 0.5) is 0 Å². The number of nitrogens with one attached hydrogen (secondary N) is 1. The van der Waals surface area contributed by atoms with Crippen LogP contribution >= 0.6 is 11.6 Å². The minimum atomic E-state index is -0.148. The van der Waals surface area contributed by atoms with Crippen LogP contribution in [-0.4, -0.2) is 5.91 Å². The minimum absolute atomic E-state index is 0.148. The Morgan fingerprint density at radius 3 is 2.50 bits per heavy atom. The van der Waals surface area contributed by atoms with Crippen molar-refractivity contribution in [3.05, 3.63) is 6.00 Å². The molecule has 6 heavy (non-hydrogen) atoms. The average molecular weight is 107 g/mol. The van der Waals surface area contributed by atoms with E-state index in [0.29, 0.717) is 0 Å². The van der Waals surface area contributed by atoms with Crippen LogP contribution in [0.25, 0.3) is 0 Å². The predicted octanol–water partition coefficient (Wildman–Crippen LogP) is 0.481. The van der Waals surface area contributed by atoms with Crippen molar-refractivity contribution in [3.63, 3.8) is 0 Å². The lowest BCUT2D eigenvalue weighted by atomic mass is 10.7. The largest absolute Gasteiger partial charge is 0.337 e. The topological polar surface area (TPSA) is 29.1 Å². The highest BCUT2D eigenvalue weighted by atomic mass is 35.5. The molecule has 0 aromatic heterocycles. The second-order valence-electron chi connectivity index (χ2n) is 0.810. The lowest BCUT2D eigenvalue weighted by Crippen LogP contribution is -2.12. The van der Waals surface area contributed by atoms with Crippen molar-refractivity contribution in [2.24, 2.45) is 0 Å². The van der Waals surface area contributed by atoms with Gasteiger partial charge in [0.2, 0.25) is 5.91 Å². The van der Waals surface area contributed by atoms with E-state index in [1.165, 1.54) is 6.92 Å². The fourth-order valence-electron chi connectivity index (χ4n) is 0.0768. The van der Waals surface area contributed by atoms with E-state index in [1.54, 1.807) is 0 Å². The first-order chi connectivity index (χ1) is 2.77. The third kappa shape index (κ3) is 3.76. The highest BCUT2D eigenvalue weighted by Gasteiger charge is 1.81. The quantitative estimate of drug-likeness (QED) is 0.484. The Hall–Kier alpha value is -0.240. The van der Waals surface area contributed by atoms with Crippen molar-refractivity contribution in [1.82, 2.24) is 5.32 Å². The third-order valence-electron chi connectivity index (χ3n) is 0.258. The molecule has 0 bridgehead atoms. The summed E-state index contributed by atoms with van der Waals surface area (Å²) in [5, 5.41) is 2.21. The van der Waals surface area contributed by atoms with Crippen LogP contribution in [0, 0.1) is 6.00 Å². The summed E-state index contributed by atoms with van der Waals surface area (Å²) in [6.07, 6.45) is 0. The molecule has 0 aliphatic rings. The van der Waals surface area contributed by atoms with Gasteiger partial charge in [-0.1, -0.05) is 11.6 Å². The van der Waals surface area contributed by atoms with Crippen molar-refractivity contribution in [1.29, 1.82) is 0 Å². The number of amides is 1. The van der Waals surface area contributed by atoms with Crippen LogP contribution < -0.4 is 5.32 Å². The van der Waals surface area contributed by atoms with E-state index in [-0.39, 0.29) is 5.91 Å². The maximum atomic E-state index is 9.82. The Bertz CT molecular complexity index is 54.8. The van der Waals surface area contributed by atoms with Crippen LogP contribution in [-0.2, 0) is 4.79 Å². The number of hydrogen-bond acceptors (Lipinski definition) is 1. The Kier molecular flexibility index (Phi) is 2.85. The van der Waals surface area contributed by atoms with Crippen LogP contribution in [0.5, 0.6) is 0 Å². The van der Waals surface area contributed by atoms with E-state index in [4.69, 9.17) is 11.6 Å². The molecule has 0 atom stereocenters. The van der Waals surface area contributed by atoms with E-state index >= 15 is 0 Å². The maximum absolute atomic E-state index is 9.82. The second-order valence-corrected chi connectivity index (χ2v) is 1.03. The zero-order chi connectivity index (χ0) is 4.99. The molecule has 2 nitrogen and oxygen atoms in total. The minimum Gasteiger partial charge on any atom is -0.337 e. The van der Waals surface area contributed by atoms with E-state index in [1.807, 2.05) is 0 Å². The van der Waals surface area contributed by atoms with Gasteiger partial charge >= 0.3 is 0 Å². The fourth-order valence-corrected chi connectivity index (χ4v) is 0.230. The molecule has 0 rings (SSSR count). The summed E-state index contributed by atoms with van der Waals surface area (Å²) < 4.78 is 0. The highest BCUT2D eigenvalue weighted by molar-refractivity contribution is 6.23. The van der Waals surface area contributed by atoms with Crippen molar-refractivity contribution in [2.75, 3.05) is 0 Å². The van der Waals surface area contributed by atoms with Crippen molar-refractivity contribution in [2.45, 2.75) is 6.92 Å². The summed E-state index contributed by atoms with van der Waals surface area (Å²) in [6, 6.07) is 1.07. The van der Waals surface area contributed by atoms with Crippen LogP contribution in [0.1, 0.15) is 6.92 Å². The second kappa shape index (κ2) is 2.97. The number of halogens is 1. The van der Waals surface area contributed by atoms with Gasteiger partial charge in [-0.15, -0.1) is 0 Å². The summed E-state index contributed by atoms with van der Waals surface area (Å²) >= 11 is 4.94. The Morgan fingerprint density at radius 1 is 2.00 bits per heavy atom. The first kappa shape index (κ1) is 5.76. The van der Waals surface area contributed by atoms with E-state index in [9.17, 15) is 4.79 Å². The predicted molar refractivity (Wildman–Crippen MR) is 24.0 cm³/mol. The van der Waals surface area contributed by atoms with Gasteiger partial charge in [0.25, 0.3) is 0 Å². The SMILES string of the molecule is CC(=O)N[CH]Cl. The van der Waals surface area contributed by atoms with E-state index < -0.39 is 0 Å². The molecule has 1 radical (unpaired) electrons. The molecular formula is C3H5ClNO. The Balaban J connectivity index is 2.83. The van der Waals surface area contributed by atoms with E-state index in [0.717, 1.165) is 6.00 Å². The summed E-state index contributed by atoms with van der Waals surface area (Å²) in [5.74, 6) is -0.148. The first-order valence-electron chi connectivity index (χ1n) is 1.46. The van der Waals surface area contributed by atoms with Gasteiger partial charge in [-0.25, -0.2) is 0 Å². The zero-order valence-electron chi connectivity index (χ0n) is 3.36. The lowest BCUT2D eigenvalue weighted by Gasteiger charge is -1.86. The molecule has 0 saturated heterocycles. The average Bonchev–Trinajstić information content (AvgIpc) is 1.35. The van der Waals surface area contributed by atoms with Crippen molar-refractivity contribution < 1.29 is 4.79 Å². The third-order valence-corrected chi connectivity index (χ3v) is 0.367. The number of carbonyl (C=O) groups excluding carboxylic acids is 1. The van der Waals surface area contributed by atoms with Gasteiger partial charge in [-0.2, -0.15) is 0 Å². The Labute approximate surface area is 41.5 Å². The standard InChI is InChI=1S/C3H5ClNO/c1-3(6)5-2-4/h2H,1H3,(H,5,6). The van der Waals surface area contributed by atoms with Gasteiger partial charge < -0.3 is 5.32 Å². The Morgan fingerprint density at radius 2 is 2.50 bits per heavy atom. The van der Waals surface area contributed by atoms with Crippen molar-refractivity contribution >= 4 is 17.5 Å². The van der Waals surface area contributed by atoms with Gasteiger partial charge in [-0.3, -0.25) is 4.79 Å². The molecule has 3 heteroatoms. The van der Waals surface area contributed by atoms with Gasteiger partial charge in [0.1, 0.15) is 6.00 Å². The van der Waals surface area contributed by atoms with Gasteiger partial charge in [0, 0.05) is 6.92 Å². The molecule has 0 unspecified atom stereocenters. The van der Waals surface area contributed by atoms with Crippen LogP contribution in [0.15, 0.2) is 0 Å². The summed E-state index contributed by atoms with van der Waals surface area (Å²) in [7, 11) is 0. The first-order valence-corrected chi connectivity index (χ1v) is 1.90. The summed E-state index contributed by atoms with van der Waals surface area (Å²) in [4.78, 5) is 9.82. The van der Waals surface area contributed by atoms with Crippen molar-refractivity contribution in [3.8, 4) is 0 Å². The molecule has 0 heterocycles. The molecule has 0 spiro atoms. The summed E-state index contributed by atoms with van der Waals surface area (Å²) in [6.45, 7) is 1.39. The van der Waals surface area contributed by atoms with E-state index in [2.05, 4.69) is 5.32 Å². The molecule has 35 valence electrons. The smallest absolute Gasteiger partial charge is 0.218 e. The van der Waals surface area contributed by atoms with Crippen LogP contribution in [0.2, 0.25) is 0 Å². The molecule has 0 aliphatic heterocycles. The molecule has 0 saturated carbocycles. The summed E-state index contributed by atoms with van der Waals surface area (Å²) in [5.41, 5.74) is 0. The zero-order valence-corrected chi connectivity index (χ0v) is 4.12. The molecule has 0 aromatic carbocycles. The highest BCUT2D eigenvalue weighted by Crippen LogP contribution is 1.72. The maximum Gasteiger partial charge on any atom is 0.218 e. The fraction of sp³-hybridized carbons (Fsp3) is 0.333. The molecular weight excluding hydrogens is 101 g/mol. The molecule has 1 N–H and O–H groups in total. The van der Waals surface area contributed by atoms with Gasteiger partial charge in [0.15, 0.2) is 0 Å². The number of hydrogen-bond donors (Lipinski definition) is 1. The molecule has 0 aliphatic carbocycles. The number of carbonyl (C=O) groups is 1. The lowest BCUT2D eigenvalue weighted by molar-refractivity contribution is -0.118. The van der Waals surface area contributed by atoms with Gasteiger partial charge in [0.05, 0.1) is 0 Å². The monoisotopic (exact) mass is 106 g/mol.